The van der Waals surface area contributed by atoms with Gasteiger partial charge in [0.1, 0.15) is 10.8 Å². The molecule has 3 fully saturated rings. The molecule has 4 atom stereocenters. The second kappa shape index (κ2) is 7.69. The van der Waals surface area contributed by atoms with Crippen molar-refractivity contribution in [3.8, 4) is 10.6 Å². The molecular weight excluding hydrogens is 494 g/mol. The van der Waals surface area contributed by atoms with E-state index in [1.165, 1.54) is 5.56 Å². The van der Waals surface area contributed by atoms with Crippen LogP contribution in [0.2, 0.25) is 0 Å². The van der Waals surface area contributed by atoms with Crippen molar-refractivity contribution in [3.63, 3.8) is 0 Å². The number of hydrogen-bond acceptors (Lipinski definition) is 10. The Labute approximate surface area is 216 Å². The molecule has 3 aromatic heterocycles. The smallest absolute Gasteiger partial charge is 0.225 e. The molecule has 0 amide bonds. The van der Waals surface area contributed by atoms with E-state index in [0.29, 0.717) is 18.3 Å². The molecule has 1 spiro atoms. The highest BCUT2D eigenvalue weighted by molar-refractivity contribution is 7.21. The third-order valence-electron chi connectivity index (χ3n) is 7.48. The Morgan fingerprint density at radius 1 is 1.14 bits per heavy atom. The maximum absolute atomic E-state index is 10.9. The number of thiophene rings is 1. The van der Waals surface area contributed by atoms with Crippen molar-refractivity contribution in [1.29, 1.82) is 0 Å². The molecule has 0 radical (unpaired) electrons. The van der Waals surface area contributed by atoms with Gasteiger partial charge in [-0.1, -0.05) is 12.1 Å². The Morgan fingerprint density at radius 2 is 2.00 bits per heavy atom. The van der Waals surface area contributed by atoms with E-state index in [-0.39, 0.29) is 5.92 Å². The van der Waals surface area contributed by atoms with Gasteiger partial charge in [0.05, 0.1) is 27.6 Å². The lowest BCUT2D eigenvalue weighted by atomic mass is 10.0. The van der Waals surface area contributed by atoms with E-state index in [0.717, 1.165) is 39.3 Å². The molecule has 4 aromatic rings. The van der Waals surface area contributed by atoms with Gasteiger partial charge in [0.15, 0.2) is 17.1 Å². The number of aromatic nitrogens is 3. The number of para-hydroxylation sites is 1. The van der Waals surface area contributed by atoms with Crippen LogP contribution >= 0.6 is 22.7 Å². The molecule has 1 saturated heterocycles. The van der Waals surface area contributed by atoms with E-state index in [2.05, 4.69) is 33.5 Å². The van der Waals surface area contributed by atoms with Crippen molar-refractivity contribution in [2.45, 2.75) is 63.4 Å². The first-order chi connectivity index (χ1) is 17.3. The minimum atomic E-state index is -0.878. The quantitative estimate of drug-likeness (QED) is 0.320. The summed E-state index contributed by atoms with van der Waals surface area (Å²) in [5.74, 6) is 0.397. The van der Waals surface area contributed by atoms with Crippen LogP contribution in [0.25, 0.3) is 20.8 Å². The molecule has 7 rings (SSSR count). The topological polar surface area (TPSA) is 101 Å². The number of rotatable bonds is 6. The summed E-state index contributed by atoms with van der Waals surface area (Å²) >= 11 is 3.28. The first-order valence-corrected chi connectivity index (χ1v) is 13.9. The van der Waals surface area contributed by atoms with E-state index in [1.807, 2.05) is 39.0 Å². The molecule has 4 heterocycles. The summed E-state index contributed by atoms with van der Waals surface area (Å²) in [6, 6.07) is 10.2. The number of thiazole rings is 1. The number of benzene rings is 1. The van der Waals surface area contributed by atoms with Crippen molar-refractivity contribution in [3.05, 3.63) is 52.3 Å². The molecule has 186 valence electrons. The zero-order chi connectivity index (χ0) is 24.7. The summed E-state index contributed by atoms with van der Waals surface area (Å²) < 4.78 is 14.0. The summed E-state index contributed by atoms with van der Waals surface area (Å²) in [4.78, 5) is 14.6. The van der Waals surface area contributed by atoms with Crippen LogP contribution in [0.3, 0.4) is 0 Å². The first-order valence-electron chi connectivity index (χ1n) is 12.2. The van der Waals surface area contributed by atoms with Crippen LogP contribution in [0.1, 0.15) is 37.9 Å². The van der Waals surface area contributed by atoms with E-state index in [4.69, 9.17) is 24.4 Å². The van der Waals surface area contributed by atoms with Crippen LogP contribution in [-0.4, -0.2) is 43.3 Å². The maximum atomic E-state index is 10.9. The Bertz CT molecular complexity index is 1440. The molecule has 0 bridgehead atoms. The van der Waals surface area contributed by atoms with Gasteiger partial charge in [-0.2, -0.15) is 16.3 Å². The number of aliphatic hydroxyl groups is 1. The van der Waals surface area contributed by atoms with Gasteiger partial charge in [-0.05, 0) is 68.1 Å². The van der Waals surface area contributed by atoms with E-state index >= 15 is 0 Å². The first kappa shape index (κ1) is 22.6. The number of fused-ring (bicyclic) bond motifs is 1. The van der Waals surface area contributed by atoms with Crippen LogP contribution in [0.5, 0.6) is 0 Å². The summed E-state index contributed by atoms with van der Waals surface area (Å²) in [5, 5.41) is 22.9. The molecule has 1 aromatic carbocycles. The van der Waals surface area contributed by atoms with Crippen molar-refractivity contribution < 1.29 is 14.6 Å². The molecular formula is C26H27N5O3S2. The minimum absolute atomic E-state index is 0.0526. The Morgan fingerprint density at radius 3 is 2.78 bits per heavy atom. The van der Waals surface area contributed by atoms with Gasteiger partial charge in [-0.15, -0.1) is 11.3 Å². The molecule has 2 saturated carbocycles. The number of nitrogens with one attached hydrogen (secondary N) is 2. The van der Waals surface area contributed by atoms with Crippen LogP contribution < -0.4 is 10.6 Å². The number of anilines is 2. The molecule has 4 unspecified atom stereocenters. The van der Waals surface area contributed by atoms with Crippen molar-refractivity contribution in [2.24, 2.45) is 5.92 Å². The number of aliphatic hydroxyl groups excluding tert-OH is 1. The van der Waals surface area contributed by atoms with Gasteiger partial charge >= 0.3 is 0 Å². The lowest BCUT2D eigenvalue weighted by molar-refractivity contribution is -0.166. The Hall–Kier alpha value is -2.63. The van der Waals surface area contributed by atoms with Crippen LogP contribution in [0, 0.1) is 12.8 Å². The molecule has 1 aliphatic heterocycles. The Balaban J connectivity index is 1.33. The van der Waals surface area contributed by atoms with E-state index in [9.17, 15) is 5.11 Å². The summed E-state index contributed by atoms with van der Waals surface area (Å²) in [7, 11) is 0. The fourth-order valence-electron chi connectivity index (χ4n) is 6.00. The van der Waals surface area contributed by atoms with Gasteiger partial charge in [0.25, 0.3) is 0 Å². The average Bonchev–Trinajstić information content (AvgIpc) is 3.37. The zero-order valence-corrected chi connectivity index (χ0v) is 21.9. The molecule has 3 aliphatic rings. The third-order valence-corrected chi connectivity index (χ3v) is 9.27. The summed E-state index contributed by atoms with van der Waals surface area (Å²) in [5.41, 5.74) is 2.12. The van der Waals surface area contributed by atoms with E-state index < -0.39 is 23.2 Å². The van der Waals surface area contributed by atoms with Crippen molar-refractivity contribution in [2.75, 3.05) is 10.6 Å². The monoisotopic (exact) mass is 521 g/mol. The highest BCUT2D eigenvalue weighted by Gasteiger charge is 2.85. The molecule has 10 heteroatoms. The standard InChI is InChI=1S/C26H27N5O3S2/c1-14-19(22-29-17-6-4-5-7-18(17)36-22)21(30-23(28-14)27-12-15-9-11-35-13-15)31-25-10-8-16-20(32)26(16,25)34-24(2,3)33-25/h4-7,9,11,13,16,20,32H,8,10,12H2,1-3H3,(H2,27,28,30,31). The van der Waals surface area contributed by atoms with Crippen molar-refractivity contribution >= 4 is 44.7 Å². The highest BCUT2D eigenvalue weighted by atomic mass is 32.1. The second-order valence-corrected chi connectivity index (χ2v) is 12.1. The number of ether oxygens (including phenoxy) is 2. The predicted octanol–water partition coefficient (Wildman–Crippen LogP) is 5.15. The largest absolute Gasteiger partial charge is 0.389 e. The summed E-state index contributed by atoms with van der Waals surface area (Å²) in [6.07, 6.45) is 0.984. The van der Waals surface area contributed by atoms with Gasteiger partial charge in [0, 0.05) is 12.5 Å². The minimum Gasteiger partial charge on any atom is -0.389 e. The summed E-state index contributed by atoms with van der Waals surface area (Å²) in [6.45, 7) is 6.42. The number of hydrogen-bond donors (Lipinski definition) is 3. The van der Waals surface area contributed by atoms with Crippen LogP contribution in [-0.2, 0) is 16.0 Å². The highest BCUT2D eigenvalue weighted by Crippen LogP contribution is 2.70. The Kier molecular flexibility index (Phi) is 4.82. The van der Waals surface area contributed by atoms with Gasteiger partial charge in [0.2, 0.25) is 5.95 Å². The molecule has 2 aliphatic carbocycles. The average molecular weight is 522 g/mol. The maximum Gasteiger partial charge on any atom is 0.225 e. The van der Waals surface area contributed by atoms with Crippen molar-refractivity contribution in [1.82, 2.24) is 15.0 Å². The van der Waals surface area contributed by atoms with Crippen LogP contribution in [0.15, 0.2) is 41.1 Å². The zero-order valence-electron chi connectivity index (χ0n) is 20.2. The predicted molar refractivity (Wildman–Crippen MR) is 141 cm³/mol. The van der Waals surface area contributed by atoms with Gasteiger partial charge < -0.3 is 25.2 Å². The van der Waals surface area contributed by atoms with Crippen LogP contribution in [0.4, 0.5) is 11.8 Å². The fourth-order valence-corrected chi connectivity index (χ4v) is 7.74. The molecule has 36 heavy (non-hydrogen) atoms. The number of aryl methyl sites for hydroxylation is 1. The number of nitrogens with zero attached hydrogens (tertiary/aromatic N) is 3. The fraction of sp³-hybridized carbons (Fsp3) is 0.423. The van der Waals surface area contributed by atoms with Gasteiger partial charge in [-0.25, -0.2) is 9.97 Å². The van der Waals surface area contributed by atoms with E-state index in [1.54, 1.807) is 22.7 Å². The lowest BCUT2D eigenvalue weighted by Gasteiger charge is -2.33. The lowest BCUT2D eigenvalue weighted by Crippen LogP contribution is -2.50. The molecule has 3 N–H and O–H groups in total. The molecule has 8 nitrogen and oxygen atoms in total. The van der Waals surface area contributed by atoms with Gasteiger partial charge in [-0.3, -0.25) is 0 Å². The second-order valence-electron chi connectivity index (χ2n) is 10.3. The normalized spacial score (nSPS) is 29.8. The SMILES string of the molecule is Cc1nc(NCc2ccsc2)nc(NC23CCC4C(O)C42OC(C)(C)O3)c1-c1nc2ccccc2s1. The third kappa shape index (κ3) is 3.25.